The molecular weight excluding hydrogens is 408 g/mol. The lowest BCUT2D eigenvalue weighted by Crippen LogP contribution is -2.18. The molecule has 0 aliphatic rings. The van der Waals surface area contributed by atoms with Crippen LogP contribution in [0.5, 0.6) is 11.5 Å². The maximum atomic E-state index is 12.5. The first kappa shape index (κ1) is 23.2. The Kier molecular flexibility index (Phi) is 8.23. The van der Waals surface area contributed by atoms with Crippen molar-refractivity contribution in [1.82, 2.24) is 5.32 Å². The van der Waals surface area contributed by atoms with Crippen LogP contribution in [0.25, 0.3) is 0 Å². The average molecular weight is 435 g/mol. The number of nitrogens with one attached hydrogen (secondary N) is 2. The summed E-state index contributed by atoms with van der Waals surface area (Å²) in [7, 11) is 4.61. The molecule has 1 heterocycles. The van der Waals surface area contributed by atoms with Crippen LogP contribution < -0.4 is 20.1 Å². The van der Waals surface area contributed by atoms with Gasteiger partial charge in [0.15, 0.2) is 11.5 Å². The van der Waals surface area contributed by atoms with Gasteiger partial charge in [0, 0.05) is 13.5 Å². The normalized spacial score (nSPS) is 10.3. The Morgan fingerprint density at radius 2 is 1.80 bits per heavy atom. The van der Waals surface area contributed by atoms with Gasteiger partial charge in [-0.3, -0.25) is 9.59 Å². The molecule has 162 valence electrons. The molecule has 2 aromatic rings. The van der Waals surface area contributed by atoms with Crippen molar-refractivity contribution in [3.05, 3.63) is 39.8 Å². The van der Waals surface area contributed by atoms with Gasteiger partial charge in [0.1, 0.15) is 5.00 Å². The standard InChI is InChI=1S/C21H26N2O6S/c1-6-29-21(26)17-12(2)18(19(25)22-3)30-20(17)23-16(24)10-8-13-7-9-14(27-4)15(11-13)28-5/h7,9,11H,6,8,10H2,1-5H3,(H,22,25)(H,23,24). The van der Waals surface area contributed by atoms with Crippen molar-refractivity contribution in [2.75, 3.05) is 33.2 Å². The zero-order chi connectivity index (χ0) is 22.3. The van der Waals surface area contributed by atoms with Gasteiger partial charge in [0.05, 0.1) is 31.3 Å². The summed E-state index contributed by atoms with van der Waals surface area (Å²) in [5, 5.41) is 5.60. The molecule has 0 atom stereocenters. The number of hydrogen-bond donors (Lipinski definition) is 2. The second-order valence-electron chi connectivity index (χ2n) is 6.30. The van der Waals surface area contributed by atoms with Crippen LogP contribution in [0.1, 0.15) is 44.5 Å². The Morgan fingerprint density at radius 3 is 2.40 bits per heavy atom. The molecule has 30 heavy (non-hydrogen) atoms. The highest BCUT2D eigenvalue weighted by molar-refractivity contribution is 7.18. The molecular formula is C21H26N2O6S. The number of amides is 2. The number of thiophene rings is 1. The average Bonchev–Trinajstić information content (AvgIpc) is 3.07. The maximum absolute atomic E-state index is 12.5. The largest absolute Gasteiger partial charge is 0.493 e. The van der Waals surface area contributed by atoms with Crippen LogP contribution in [0.4, 0.5) is 5.00 Å². The smallest absolute Gasteiger partial charge is 0.341 e. The van der Waals surface area contributed by atoms with E-state index >= 15 is 0 Å². The fraction of sp³-hybridized carbons (Fsp3) is 0.381. The summed E-state index contributed by atoms with van der Waals surface area (Å²) in [5.74, 6) is 0.0233. The molecule has 0 bridgehead atoms. The minimum atomic E-state index is -0.573. The molecule has 8 nitrogen and oxygen atoms in total. The van der Waals surface area contributed by atoms with Crippen LogP contribution in [0.15, 0.2) is 18.2 Å². The van der Waals surface area contributed by atoms with Crippen LogP contribution in [0.2, 0.25) is 0 Å². The summed E-state index contributed by atoms with van der Waals surface area (Å²) in [5.41, 5.74) is 1.59. The third kappa shape index (κ3) is 5.29. The molecule has 1 aromatic heterocycles. The van der Waals surface area contributed by atoms with Gasteiger partial charge in [0.25, 0.3) is 5.91 Å². The fourth-order valence-electron chi connectivity index (χ4n) is 2.86. The van der Waals surface area contributed by atoms with Gasteiger partial charge in [-0.1, -0.05) is 6.07 Å². The number of hydrogen-bond acceptors (Lipinski definition) is 7. The lowest BCUT2D eigenvalue weighted by Gasteiger charge is -2.10. The molecule has 0 aliphatic heterocycles. The van der Waals surface area contributed by atoms with E-state index in [2.05, 4.69) is 10.6 Å². The van der Waals surface area contributed by atoms with Crippen LogP contribution in [0, 0.1) is 6.92 Å². The highest BCUT2D eigenvalue weighted by Crippen LogP contribution is 2.34. The molecule has 0 saturated carbocycles. The number of methoxy groups -OCH3 is 2. The predicted octanol–water partition coefficient (Wildman–Crippen LogP) is 3.18. The third-order valence-corrected chi connectivity index (χ3v) is 5.61. The van der Waals surface area contributed by atoms with Crippen LogP contribution in [-0.2, 0) is 16.0 Å². The first-order chi connectivity index (χ1) is 14.4. The molecule has 0 fully saturated rings. The first-order valence-corrected chi connectivity index (χ1v) is 10.2. The Morgan fingerprint density at radius 1 is 1.10 bits per heavy atom. The molecule has 0 spiro atoms. The highest BCUT2D eigenvalue weighted by atomic mass is 32.1. The van der Waals surface area contributed by atoms with Crippen molar-refractivity contribution in [3.8, 4) is 11.5 Å². The molecule has 9 heteroatoms. The molecule has 2 amide bonds. The van der Waals surface area contributed by atoms with Crippen LogP contribution in [0.3, 0.4) is 0 Å². The number of carbonyl (C=O) groups excluding carboxylic acids is 3. The summed E-state index contributed by atoms with van der Waals surface area (Å²) >= 11 is 1.05. The van der Waals surface area contributed by atoms with Crippen LogP contribution in [-0.4, -0.2) is 45.7 Å². The van der Waals surface area contributed by atoms with Crippen molar-refractivity contribution in [2.24, 2.45) is 0 Å². The summed E-state index contributed by atoms with van der Waals surface area (Å²) in [6.07, 6.45) is 0.650. The van der Waals surface area contributed by atoms with E-state index in [1.165, 1.54) is 7.05 Å². The molecule has 2 rings (SSSR count). The second-order valence-corrected chi connectivity index (χ2v) is 7.32. The molecule has 0 aliphatic carbocycles. The number of rotatable bonds is 9. The third-order valence-electron chi connectivity index (χ3n) is 4.40. The van der Waals surface area contributed by atoms with E-state index in [-0.39, 0.29) is 30.4 Å². The Labute approximate surface area is 179 Å². The van der Waals surface area contributed by atoms with E-state index in [4.69, 9.17) is 14.2 Å². The Bertz CT molecular complexity index is 938. The van der Waals surface area contributed by atoms with Gasteiger partial charge in [-0.05, 0) is 43.5 Å². The number of aryl methyl sites for hydroxylation is 1. The van der Waals surface area contributed by atoms with Crippen molar-refractivity contribution >= 4 is 34.1 Å². The molecule has 0 unspecified atom stereocenters. The van der Waals surface area contributed by atoms with Gasteiger partial charge in [-0.25, -0.2) is 4.79 Å². The number of carbonyl (C=O) groups is 3. The van der Waals surface area contributed by atoms with Gasteiger partial charge in [-0.2, -0.15) is 0 Å². The van der Waals surface area contributed by atoms with Gasteiger partial charge in [-0.15, -0.1) is 11.3 Å². The first-order valence-electron chi connectivity index (χ1n) is 9.39. The molecule has 0 saturated heterocycles. The number of benzene rings is 1. The van der Waals surface area contributed by atoms with Gasteiger partial charge >= 0.3 is 5.97 Å². The lowest BCUT2D eigenvalue weighted by molar-refractivity contribution is -0.116. The number of anilines is 1. The van der Waals surface area contributed by atoms with Gasteiger partial charge < -0.3 is 24.8 Å². The van der Waals surface area contributed by atoms with E-state index < -0.39 is 5.97 Å². The lowest BCUT2D eigenvalue weighted by atomic mass is 10.1. The molecule has 2 N–H and O–H groups in total. The molecule has 1 aromatic carbocycles. The Balaban J connectivity index is 2.17. The van der Waals surface area contributed by atoms with E-state index in [0.717, 1.165) is 16.9 Å². The van der Waals surface area contributed by atoms with Crippen molar-refractivity contribution in [1.29, 1.82) is 0 Å². The Hall–Kier alpha value is -3.07. The summed E-state index contributed by atoms with van der Waals surface area (Å²) < 4.78 is 15.6. The summed E-state index contributed by atoms with van der Waals surface area (Å²) in [4.78, 5) is 37.4. The van der Waals surface area contributed by atoms with Gasteiger partial charge in [0.2, 0.25) is 5.91 Å². The second kappa shape index (κ2) is 10.6. The SMILES string of the molecule is CCOC(=O)c1c(NC(=O)CCc2ccc(OC)c(OC)c2)sc(C(=O)NC)c1C. The van der Waals surface area contributed by atoms with Crippen molar-refractivity contribution < 1.29 is 28.6 Å². The zero-order valence-electron chi connectivity index (χ0n) is 17.7. The van der Waals surface area contributed by atoms with E-state index in [0.29, 0.717) is 33.4 Å². The molecule has 0 radical (unpaired) electrons. The topological polar surface area (TPSA) is 103 Å². The summed E-state index contributed by atoms with van der Waals surface area (Å²) in [6, 6.07) is 5.45. The van der Waals surface area contributed by atoms with E-state index in [9.17, 15) is 14.4 Å². The van der Waals surface area contributed by atoms with Crippen LogP contribution >= 0.6 is 11.3 Å². The number of ether oxygens (including phenoxy) is 3. The van der Waals surface area contributed by atoms with E-state index in [1.807, 2.05) is 12.1 Å². The van der Waals surface area contributed by atoms with E-state index in [1.54, 1.807) is 34.1 Å². The number of esters is 1. The fourth-order valence-corrected chi connectivity index (χ4v) is 4.02. The quantitative estimate of drug-likeness (QED) is 0.588. The minimum absolute atomic E-state index is 0.185. The monoisotopic (exact) mass is 434 g/mol. The van der Waals surface area contributed by atoms with Crippen molar-refractivity contribution in [2.45, 2.75) is 26.7 Å². The maximum Gasteiger partial charge on any atom is 0.341 e. The zero-order valence-corrected chi connectivity index (χ0v) is 18.5. The minimum Gasteiger partial charge on any atom is -0.493 e. The predicted molar refractivity (Wildman–Crippen MR) is 115 cm³/mol. The summed E-state index contributed by atoms with van der Waals surface area (Å²) in [6.45, 7) is 3.55. The highest BCUT2D eigenvalue weighted by Gasteiger charge is 2.26. The van der Waals surface area contributed by atoms with Crippen molar-refractivity contribution in [3.63, 3.8) is 0 Å².